The number of rotatable bonds is 6. The van der Waals surface area contributed by atoms with E-state index < -0.39 is 0 Å². The molecular formula is C24H26FN5O. The molecule has 1 saturated heterocycles. The smallest absolute Gasteiger partial charge is 0.222 e. The first kappa shape index (κ1) is 20.9. The minimum Gasteiger partial charge on any atom is -0.342 e. The second-order valence-electron chi connectivity index (χ2n) is 7.80. The summed E-state index contributed by atoms with van der Waals surface area (Å²) in [5, 5.41) is 3.20. The van der Waals surface area contributed by atoms with Crippen molar-refractivity contribution in [2.45, 2.75) is 38.5 Å². The molecule has 3 aromatic rings. The quantitative estimate of drug-likeness (QED) is 0.614. The number of carbonyl (C=O) groups is 1. The number of aromatic nitrogens is 3. The molecule has 1 N–H and O–H groups in total. The molecular weight excluding hydrogens is 393 g/mol. The number of hydrogen-bond donors (Lipinski definition) is 1. The Morgan fingerprint density at radius 3 is 2.90 bits per heavy atom. The Hall–Kier alpha value is -3.35. The third-order valence-electron chi connectivity index (χ3n) is 5.40. The van der Waals surface area contributed by atoms with Crippen LogP contribution in [0.3, 0.4) is 0 Å². The minimum absolute atomic E-state index is 0.0548. The van der Waals surface area contributed by atoms with Crippen LogP contribution in [0.2, 0.25) is 0 Å². The number of hydrogen-bond acceptors (Lipinski definition) is 5. The van der Waals surface area contributed by atoms with Crippen molar-refractivity contribution in [2.75, 3.05) is 18.4 Å². The number of anilines is 2. The van der Waals surface area contributed by atoms with Crippen molar-refractivity contribution in [3.05, 3.63) is 66.5 Å². The number of halogens is 1. The van der Waals surface area contributed by atoms with Gasteiger partial charge in [0.15, 0.2) is 0 Å². The lowest BCUT2D eigenvalue weighted by Gasteiger charge is -2.32. The zero-order valence-electron chi connectivity index (χ0n) is 17.6. The van der Waals surface area contributed by atoms with Gasteiger partial charge in [-0.3, -0.25) is 9.78 Å². The third-order valence-corrected chi connectivity index (χ3v) is 5.40. The molecule has 0 radical (unpaired) electrons. The number of pyridine rings is 1. The molecule has 1 fully saturated rings. The SMILES string of the molecule is CCCC(=O)N1CCC[C@H](c2nc(Nc3cccc(F)c3)cc(-c3cccnc3)n2)C1. The van der Waals surface area contributed by atoms with E-state index in [9.17, 15) is 9.18 Å². The fourth-order valence-corrected chi connectivity index (χ4v) is 3.88. The Morgan fingerprint density at radius 2 is 2.13 bits per heavy atom. The molecule has 0 spiro atoms. The van der Waals surface area contributed by atoms with Crippen LogP contribution in [-0.2, 0) is 4.79 Å². The molecule has 160 valence electrons. The van der Waals surface area contributed by atoms with E-state index in [1.54, 1.807) is 24.5 Å². The molecule has 3 heterocycles. The van der Waals surface area contributed by atoms with E-state index in [0.717, 1.165) is 37.1 Å². The average molecular weight is 420 g/mol. The lowest BCUT2D eigenvalue weighted by molar-refractivity contribution is -0.132. The van der Waals surface area contributed by atoms with Gasteiger partial charge < -0.3 is 10.2 Å². The summed E-state index contributed by atoms with van der Waals surface area (Å²) in [5.41, 5.74) is 2.24. The van der Waals surface area contributed by atoms with E-state index in [4.69, 9.17) is 9.97 Å². The van der Waals surface area contributed by atoms with Crippen LogP contribution < -0.4 is 5.32 Å². The van der Waals surface area contributed by atoms with Gasteiger partial charge in [-0.2, -0.15) is 0 Å². The maximum absolute atomic E-state index is 13.6. The first-order valence-corrected chi connectivity index (χ1v) is 10.7. The molecule has 1 aliphatic rings. The van der Waals surface area contributed by atoms with Crippen molar-refractivity contribution < 1.29 is 9.18 Å². The summed E-state index contributed by atoms with van der Waals surface area (Å²) in [4.78, 5) is 28.1. The molecule has 0 aliphatic carbocycles. The molecule has 0 bridgehead atoms. The van der Waals surface area contributed by atoms with Gasteiger partial charge in [0.2, 0.25) is 5.91 Å². The lowest BCUT2D eigenvalue weighted by Crippen LogP contribution is -2.39. The highest BCUT2D eigenvalue weighted by Crippen LogP contribution is 2.29. The van der Waals surface area contributed by atoms with Gasteiger partial charge >= 0.3 is 0 Å². The third kappa shape index (κ3) is 5.23. The van der Waals surface area contributed by atoms with E-state index in [1.807, 2.05) is 30.0 Å². The van der Waals surface area contributed by atoms with Gasteiger partial charge in [-0.15, -0.1) is 0 Å². The van der Waals surface area contributed by atoms with Gasteiger partial charge in [-0.25, -0.2) is 14.4 Å². The summed E-state index contributed by atoms with van der Waals surface area (Å²) >= 11 is 0. The number of carbonyl (C=O) groups excluding carboxylic acids is 1. The predicted molar refractivity (Wildman–Crippen MR) is 118 cm³/mol. The molecule has 1 aromatic carbocycles. The molecule has 6 nitrogen and oxygen atoms in total. The topological polar surface area (TPSA) is 71.0 Å². The number of amides is 1. The van der Waals surface area contributed by atoms with E-state index in [0.29, 0.717) is 30.3 Å². The molecule has 2 aromatic heterocycles. The summed E-state index contributed by atoms with van der Waals surface area (Å²) in [6, 6.07) is 11.9. The van der Waals surface area contributed by atoms with Crippen LogP contribution >= 0.6 is 0 Å². The first-order chi connectivity index (χ1) is 15.1. The minimum atomic E-state index is -0.316. The van der Waals surface area contributed by atoms with Gasteiger partial charge in [0.05, 0.1) is 5.69 Å². The highest BCUT2D eigenvalue weighted by atomic mass is 19.1. The Bertz CT molecular complexity index is 1040. The van der Waals surface area contributed by atoms with Crippen molar-refractivity contribution in [2.24, 2.45) is 0 Å². The first-order valence-electron chi connectivity index (χ1n) is 10.7. The Kier molecular flexibility index (Phi) is 6.50. The van der Waals surface area contributed by atoms with Crippen molar-refractivity contribution in [3.8, 4) is 11.3 Å². The van der Waals surface area contributed by atoms with Crippen LogP contribution in [0.4, 0.5) is 15.9 Å². The predicted octanol–water partition coefficient (Wildman–Crippen LogP) is 4.93. The number of nitrogens with zero attached hydrogens (tertiary/aromatic N) is 4. The highest BCUT2D eigenvalue weighted by Gasteiger charge is 2.27. The number of nitrogens with one attached hydrogen (secondary N) is 1. The Morgan fingerprint density at radius 1 is 1.23 bits per heavy atom. The zero-order valence-corrected chi connectivity index (χ0v) is 17.6. The molecule has 7 heteroatoms. The van der Waals surface area contributed by atoms with E-state index in [1.165, 1.54) is 12.1 Å². The van der Waals surface area contributed by atoms with Crippen molar-refractivity contribution in [1.82, 2.24) is 19.9 Å². The lowest BCUT2D eigenvalue weighted by atomic mass is 9.96. The summed E-state index contributed by atoms with van der Waals surface area (Å²) < 4.78 is 13.6. The Labute approximate surface area is 181 Å². The van der Waals surface area contributed by atoms with Gasteiger partial charge in [0.25, 0.3) is 0 Å². The van der Waals surface area contributed by atoms with Crippen LogP contribution in [-0.4, -0.2) is 38.8 Å². The number of benzene rings is 1. The van der Waals surface area contributed by atoms with Gasteiger partial charge in [-0.05, 0) is 49.6 Å². The summed E-state index contributed by atoms with van der Waals surface area (Å²) in [6.45, 7) is 3.42. The molecule has 1 amide bonds. The average Bonchev–Trinajstić information content (AvgIpc) is 2.80. The molecule has 1 atom stereocenters. The summed E-state index contributed by atoms with van der Waals surface area (Å²) in [6.07, 6.45) is 6.73. The number of likely N-dealkylation sites (tertiary alicyclic amines) is 1. The van der Waals surface area contributed by atoms with E-state index >= 15 is 0 Å². The standard InChI is InChI=1S/C24H26FN5O/c1-2-6-23(31)30-12-5-8-18(16-30)24-28-21(17-7-4-11-26-15-17)14-22(29-24)27-20-10-3-9-19(25)13-20/h3-4,7,9-11,13-15,18H,2,5-6,8,12,16H2,1H3,(H,27,28,29)/t18-/m0/s1. The van der Waals surface area contributed by atoms with Crippen LogP contribution in [0.1, 0.15) is 44.3 Å². The van der Waals surface area contributed by atoms with Gasteiger partial charge in [0, 0.05) is 55.1 Å². The second kappa shape index (κ2) is 9.64. The number of piperidine rings is 1. The van der Waals surface area contributed by atoms with E-state index in [-0.39, 0.29) is 17.6 Å². The maximum Gasteiger partial charge on any atom is 0.222 e. The van der Waals surface area contributed by atoms with Crippen LogP contribution in [0, 0.1) is 5.82 Å². The van der Waals surface area contributed by atoms with Gasteiger partial charge in [0.1, 0.15) is 17.5 Å². The fraction of sp³-hybridized carbons (Fsp3) is 0.333. The van der Waals surface area contributed by atoms with Gasteiger partial charge in [-0.1, -0.05) is 13.0 Å². The van der Waals surface area contributed by atoms with Crippen molar-refractivity contribution in [1.29, 1.82) is 0 Å². The monoisotopic (exact) mass is 419 g/mol. The van der Waals surface area contributed by atoms with Crippen LogP contribution in [0.15, 0.2) is 54.9 Å². The highest BCUT2D eigenvalue weighted by molar-refractivity contribution is 5.76. The molecule has 1 aliphatic heterocycles. The normalized spacial score (nSPS) is 16.2. The van der Waals surface area contributed by atoms with Crippen molar-refractivity contribution >= 4 is 17.4 Å². The fourth-order valence-electron chi connectivity index (χ4n) is 3.88. The molecule has 4 rings (SSSR count). The second-order valence-corrected chi connectivity index (χ2v) is 7.80. The molecule has 0 unspecified atom stereocenters. The maximum atomic E-state index is 13.6. The molecule has 31 heavy (non-hydrogen) atoms. The Balaban J connectivity index is 1.67. The summed E-state index contributed by atoms with van der Waals surface area (Å²) in [5.74, 6) is 1.21. The van der Waals surface area contributed by atoms with E-state index in [2.05, 4.69) is 10.3 Å². The largest absolute Gasteiger partial charge is 0.342 e. The molecule has 0 saturated carbocycles. The summed E-state index contributed by atoms with van der Waals surface area (Å²) in [7, 11) is 0. The van der Waals surface area contributed by atoms with Crippen molar-refractivity contribution in [3.63, 3.8) is 0 Å². The zero-order chi connectivity index (χ0) is 21.6. The van der Waals surface area contributed by atoms with Crippen LogP contribution in [0.5, 0.6) is 0 Å². The van der Waals surface area contributed by atoms with Crippen LogP contribution in [0.25, 0.3) is 11.3 Å².